The van der Waals surface area contributed by atoms with Gasteiger partial charge in [0, 0.05) is 17.5 Å². The summed E-state index contributed by atoms with van der Waals surface area (Å²) in [6.45, 7) is 3.78. The third kappa shape index (κ3) is 4.59. The maximum Gasteiger partial charge on any atom is 0.336 e. The average molecular weight is 292 g/mol. The number of hydrogen-bond donors (Lipinski definition) is 0. The van der Waals surface area contributed by atoms with E-state index in [1.807, 2.05) is 19.1 Å². The van der Waals surface area contributed by atoms with Gasteiger partial charge in [0.25, 0.3) is 0 Å². The van der Waals surface area contributed by atoms with Gasteiger partial charge < -0.3 is 9.15 Å². The van der Waals surface area contributed by atoms with Crippen LogP contribution in [0.2, 0.25) is 0 Å². The van der Waals surface area contributed by atoms with E-state index < -0.39 is 0 Å². The number of ether oxygens (including phenoxy) is 1. The molecule has 0 saturated carbocycles. The van der Waals surface area contributed by atoms with Crippen molar-refractivity contribution in [3.63, 3.8) is 0 Å². The first kappa shape index (κ1) is 15.5. The Kier molecular flexibility index (Phi) is 5.37. The van der Waals surface area contributed by atoms with Crippen molar-refractivity contribution in [3.8, 4) is 5.75 Å². The Morgan fingerprint density at radius 1 is 1.14 bits per heavy atom. The Labute approximate surface area is 123 Å². The summed E-state index contributed by atoms with van der Waals surface area (Å²) >= 11 is 0. The van der Waals surface area contributed by atoms with Crippen LogP contribution in [-0.2, 0) is 0 Å². The number of benzene rings is 1. The molecular weight excluding hydrogens is 271 g/mol. The molecule has 4 heteroatoms. The Hall–Kier alpha value is -1.84. The first-order valence-electron chi connectivity index (χ1n) is 7.35. The average Bonchev–Trinajstić information content (AvgIpc) is 2.45. The van der Waals surface area contributed by atoms with E-state index in [2.05, 4.69) is 6.92 Å². The molecule has 0 aliphatic heterocycles. The van der Waals surface area contributed by atoms with E-state index in [4.69, 9.17) is 9.15 Å². The molecule has 2 aromatic rings. The standard InChI is InChI=1S/C17H21FO3/c1-12(9-10-18)3-4-13(2)20-15-7-5-14-6-8-17(19)21-16(14)11-15/h5-8,11-13H,3-4,9-10H2,1-2H3. The van der Waals surface area contributed by atoms with Gasteiger partial charge in [-0.1, -0.05) is 6.92 Å². The predicted octanol–water partition coefficient (Wildman–Crippen LogP) is 4.34. The number of fused-ring (bicyclic) bond motifs is 1. The largest absolute Gasteiger partial charge is 0.491 e. The van der Waals surface area contributed by atoms with Crippen LogP contribution in [0, 0.1) is 5.92 Å². The smallest absolute Gasteiger partial charge is 0.336 e. The van der Waals surface area contributed by atoms with E-state index in [-0.39, 0.29) is 18.4 Å². The van der Waals surface area contributed by atoms with Crippen molar-refractivity contribution >= 4 is 11.0 Å². The van der Waals surface area contributed by atoms with Crippen LogP contribution < -0.4 is 10.4 Å². The van der Waals surface area contributed by atoms with E-state index >= 15 is 0 Å². The lowest BCUT2D eigenvalue weighted by molar-refractivity contribution is 0.197. The Morgan fingerprint density at radius 2 is 1.90 bits per heavy atom. The summed E-state index contributed by atoms with van der Waals surface area (Å²) in [5.41, 5.74) is 0.158. The van der Waals surface area contributed by atoms with Crippen LogP contribution in [0.3, 0.4) is 0 Å². The molecule has 0 aliphatic carbocycles. The fraction of sp³-hybridized carbons (Fsp3) is 0.471. The van der Waals surface area contributed by atoms with Crippen LogP contribution in [0.25, 0.3) is 11.0 Å². The minimum Gasteiger partial charge on any atom is -0.491 e. The van der Waals surface area contributed by atoms with Gasteiger partial charge in [0.1, 0.15) is 11.3 Å². The van der Waals surface area contributed by atoms with Crippen molar-refractivity contribution < 1.29 is 13.5 Å². The summed E-state index contributed by atoms with van der Waals surface area (Å²) < 4.78 is 23.2. The van der Waals surface area contributed by atoms with Crippen LogP contribution in [0.1, 0.15) is 33.1 Å². The lowest BCUT2D eigenvalue weighted by atomic mass is 10.0. The molecule has 2 unspecified atom stereocenters. The summed E-state index contributed by atoms with van der Waals surface area (Å²) in [6, 6.07) is 8.60. The normalized spacial score (nSPS) is 14.0. The molecule has 2 atom stereocenters. The number of rotatable bonds is 7. The molecule has 114 valence electrons. The Morgan fingerprint density at radius 3 is 2.67 bits per heavy atom. The molecule has 3 nitrogen and oxygen atoms in total. The Bertz CT molecular complexity index is 635. The molecule has 2 rings (SSSR count). The van der Waals surface area contributed by atoms with Gasteiger partial charge in [-0.15, -0.1) is 0 Å². The van der Waals surface area contributed by atoms with Crippen LogP contribution in [0.4, 0.5) is 4.39 Å². The molecule has 1 heterocycles. The second-order valence-corrected chi connectivity index (χ2v) is 5.54. The van der Waals surface area contributed by atoms with Crippen LogP contribution >= 0.6 is 0 Å². The van der Waals surface area contributed by atoms with Crippen molar-refractivity contribution in [2.24, 2.45) is 5.92 Å². The van der Waals surface area contributed by atoms with E-state index in [0.29, 0.717) is 23.7 Å². The molecule has 0 saturated heterocycles. The van der Waals surface area contributed by atoms with E-state index in [1.54, 1.807) is 12.1 Å². The molecule has 1 aromatic heterocycles. The molecule has 1 aromatic carbocycles. The lowest BCUT2D eigenvalue weighted by Gasteiger charge is -2.17. The fourth-order valence-electron chi connectivity index (χ4n) is 2.26. The first-order valence-corrected chi connectivity index (χ1v) is 7.35. The molecule has 0 fully saturated rings. The number of alkyl halides is 1. The quantitative estimate of drug-likeness (QED) is 0.713. The van der Waals surface area contributed by atoms with E-state index in [9.17, 15) is 9.18 Å². The van der Waals surface area contributed by atoms with Gasteiger partial charge in [-0.2, -0.15) is 0 Å². The van der Waals surface area contributed by atoms with Gasteiger partial charge in [0.2, 0.25) is 0 Å². The summed E-state index contributed by atoms with van der Waals surface area (Å²) in [4.78, 5) is 11.2. The Balaban J connectivity index is 1.97. The second kappa shape index (κ2) is 7.25. The number of hydrogen-bond acceptors (Lipinski definition) is 3. The second-order valence-electron chi connectivity index (χ2n) is 5.54. The van der Waals surface area contributed by atoms with E-state index in [1.165, 1.54) is 6.07 Å². The van der Waals surface area contributed by atoms with Crippen LogP contribution in [-0.4, -0.2) is 12.8 Å². The van der Waals surface area contributed by atoms with Gasteiger partial charge in [0.15, 0.2) is 0 Å². The molecule has 0 bridgehead atoms. The van der Waals surface area contributed by atoms with Crippen molar-refractivity contribution in [2.45, 2.75) is 39.2 Å². The summed E-state index contributed by atoms with van der Waals surface area (Å²) in [5, 5.41) is 0.867. The van der Waals surface area contributed by atoms with E-state index in [0.717, 1.165) is 18.2 Å². The molecule has 0 radical (unpaired) electrons. The highest BCUT2D eigenvalue weighted by Gasteiger charge is 2.09. The zero-order valence-electron chi connectivity index (χ0n) is 12.5. The zero-order chi connectivity index (χ0) is 15.2. The van der Waals surface area contributed by atoms with Crippen molar-refractivity contribution in [2.75, 3.05) is 6.67 Å². The zero-order valence-corrected chi connectivity index (χ0v) is 12.5. The van der Waals surface area contributed by atoms with Crippen molar-refractivity contribution in [3.05, 3.63) is 40.8 Å². The fourth-order valence-corrected chi connectivity index (χ4v) is 2.26. The number of halogens is 1. The maximum atomic E-state index is 12.2. The third-order valence-electron chi connectivity index (χ3n) is 3.60. The summed E-state index contributed by atoms with van der Waals surface area (Å²) in [5.74, 6) is 1.05. The molecule has 21 heavy (non-hydrogen) atoms. The topological polar surface area (TPSA) is 39.4 Å². The van der Waals surface area contributed by atoms with Crippen LogP contribution in [0.5, 0.6) is 5.75 Å². The highest BCUT2D eigenvalue weighted by Crippen LogP contribution is 2.22. The molecular formula is C17H21FO3. The summed E-state index contributed by atoms with van der Waals surface area (Å²) in [7, 11) is 0. The highest BCUT2D eigenvalue weighted by atomic mass is 19.1. The molecule has 0 amide bonds. The lowest BCUT2D eigenvalue weighted by Crippen LogP contribution is -2.13. The maximum absolute atomic E-state index is 12.2. The van der Waals surface area contributed by atoms with Gasteiger partial charge in [-0.25, -0.2) is 4.79 Å². The van der Waals surface area contributed by atoms with Crippen molar-refractivity contribution in [1.82, 2.24) is 0 Å². The first-order chi connectivity index (χ1) is 10.1. The molecule has 0 aliphatic rings. The van der Waals surface area contributed by atoms with Gasteiger partial charge in [-0.05, 0) is 50.3 Å². The monoisotopic (exact) mass is 292 g/mol. The van der Waals surface area contributed by atoms with Gasteiger partial charge in [-0.3, -0.25) is 4.39 Å². The third-order valence-corrected chi connectivity index (χ3v) is 3.60. The minimum absolute atomic E-state index is 0.0416. The SMILES string of the molecule is CC(CCF)CCC(C)Oc1ccc2ccc(=O)oc2c1. The molecule has 0 spiro atoms. The van der Waals surface area contributed by atoms with Gasteiger partial charge in [0.05, 0.1) is 12.8 Å². The summed E-state index contributed by atoms with van der Waals surface area (Å²) in [6.07, 6.45) is 2.46. The molecule has 0 N–H and O–H groups in total. The van der Waals surface area contributed by atoms with Gasteiger partial charge >= 0.3 is 5.63 Å². The highest BCUT2D eigenvalue weighted by molar-refractivity contribution is 5.77. The van der Waals surface area contributed by atoms with Crippen LogP contribution in [0.15, 0.2) is 39.5 Å². The predicted molar refractivity (Wildman–Crippen MR) is 81.6 cm³/mol. The minimum atomic E-state index is -0.368. The van der Waals surface area contributed by atoms with Crippen molar-refractivity contribution in [1.29, 1.82) is 0 Å².